The Kier molecular flexibility index (Phi) is 36.5. The van der Waals surface area contributed by atoms with Crippen molar-refractivity contribution in [2.75, 3.05) is 13.2 Å². The summed E-state index contributed by atoms with van der Waals surface area (Å²) in [6.45, 7) is 7.29. The van der Waals surface area contributed by atoms with Crippen LogP contribution in [0.15, 0.2) is 60.7 Å². The minimum absolute atomic E-state index is 0.0576. The van der Waals surface area contributed by atoms with Crippen molar-refractivity contribution in [1.82, 2.24) is 5.32 Å². The molecule has 1 amide bonds. The first-order valence-corrected chi connectivity index (χ1v) is 28.7. The average molecular weight is 980 g/mol. The van der Waals surface area contributed by atoms with Crippen LogP contribution < -0.4 is 5.32 Å². The predicted octanol–water partition coefficient (Wildman–Crippen LogP) is 14.2. The normalized spacial score (nSPS) is 19.0. The summed E-state index contributed by atoms with van der Waals surface area (Å²) in [7, 11) is 0. The Bertz CT molecular complexity index is 1510. The lowest BCUT2D eigenvalue weighted by Gasteiger charge is -2.44. The van der Waals surface area contributed by atoms with Gasteiger partial charge in [-0.15, -0.1) is 0 Å². The van der Waals surface area contributed by atoms with E-state index >= 15 is 0 Å². The maximum Gasteiger partial charge on any atom is 0.308 e. The summed E-state index contributed by atoms with van der Waals surface area (Å²) in [6.07, 6.45) is 30.5. The number of ether oxygens (including phenoxy) is 5. The molecule has 0 aliphatic carbocycles. The van der Waals surface area contributed by atoms with Gasteiger partial charge in [0.25, 0.3) is 0 Å². The van der Waals surface area contributed by atoms with Crippen molar-refractivity contribution in [2.45, 2.75) is 282 Å². The minimum Gasteiger partial charge on any atom is -0.462 e. The number of hydrogen-bond donors (Lipinski definition) is 3. The van der Waals surface area contributed by atoms with Gasteiger partial charge in [0.2, 0.25) is 5.91 Å². The number of esters is 1. The number of hydrogen-bond acceptors (Lipinski definition) is 9. The van der Waals surface area contributed by atoms with Crippen LogP contribution in [0.3, 0.4) is 0 Å². The molecular weight excluding hydrogens is 879 g/mol. The van der Waals surface area contributed by atoms with Gasteiger partial charge in [-0.1, -0.05) is 248 Å². The quantitative estimate of drug-likeness (QED) is 0.0438. The first kappa shape index (κ1) is 61.4. The Balaban J connectivity index is 1.70. The van der Waals surface area contributed by atoms with Crippen LogP contribution in [0.5, 0.6) is 0 Å². The molecule has 2 aromatic carbocycles. The molecule has 0 bridgehead atoms. The lowest BCUT2D eigenvalue weighted by molar-refractivity contribution is -0.281. The van der Waals surface area contributed by atoms with Crippen molar-refractivity contribution in [1.29, 1.82) is 0 Å². The Morgan fingerprint density at radius 2 is 0.986 bits per heavy atom. The lowest BCUT2D eigenvalue weighted by Crippen LogP contribution is -2.65. The molecule has 3 N–H and O–H groups in total. The van der Waals surface area contributed by atoms with Crippen molar-refractivity contribution in [2.24, 2.45) is 0 Å². The molecule has 400 valence electrons. The molecule has 0 spiro atoms. The zero-order valence-corrected chi connectivity index (χ0v) is 44.5. The summed E-state index contributed by atoms with van der Waals surface area (Å²) in [5.74, 6) is -0.685. The zero-order valence-electron chi connectivity index (χ0n) is 44.5. The van der Waals surface area contributed by atoms with Crippen molar-refractivity contribution < 1.29 is 43.5 Å². The largest absolute Gasteiger partial charge is 0.462 e. The number of rotatable bonds is 45. The van der Waals surface area contributed by atoms with E-state index in [2.05, 4.69) is 26.1 Å². The molecule has 10 nitrogen and oxygen atoms in total. The minimum atomic E-state index is -1.26. The van der Waals surface area contributed by atoms with E-state index in [0.29, 0.717) is 13.0 Å². The molecule has 10 heteroatoms. The highest BCUT2D eigenvalue weighted by Crippen LogP contribution is 2.27. The number of carbonyl (C=O) groups is 2. The van der Waals surface area contributed by atoms with Gasteiger partial charge in [-0.05, 0) is 36.8 Å². The van der Waals surface area contributed by atoms with E-state index < -0.39 is 43.4 Å². The van der Waals surface area contributed by atoms with Crippen LogP contribution in [0.25, 0.3) is 0 Å². The zero-order chi connectivity index (χ0) is 50.1. The summed E-state index contributed by atoms with van der Waals surface area (Å²) in [5.41, 5.74) is 1.80. The van der Waals surface area contributed by atoms with Crippen LogP contribution >= 0.6 is 0 Å². The standard InChI is InChI=1S/C60H101NO9/c1-4-7-10-13-16-19-22-25-28-37-44-66-52(42-35-26-23-20-17-14-11-8-5-2)46-56(64)69-53(43-36-27-24-21-18-15-12-9-6-3)45-55(63)61-57-59(67-48-50-38-31-29-32-39-50)58(65)54(47-62)70-60(57)68-49-51-40-33-30-34-41-51/h29-34,38-41,52-54,57-60,62,65H,4-28,35-37,42-49H2,1-3H3,(H,61,63)/t52-,53-,54-,57-,58-,59-,60+/m1/s1. The third-order valence-corrected chi connectivity index (χ3v) is 13.9. The van der Waals surface area contributed by atoms with E-state index in [1.807, 2.05) is 60.7 Å². The molecule has 0 unspecified atom stereocenters. The molecule has 1 aliphatic rings. The fourth-order valence-electron chi connectivity index (χ4n) is 9.61. The molecule has 0 radical (unpaired) electrons. The molecule has 70 heavy (non-hydrogen) atoms. The Labute approximate surface area is 426 Å². The number of benzene rings is 2. The molecule has 1 fully saturated rings. The van der Waals surface area contributed by atoms with Crippen molar-refractivity contribution in [3.8, 4) is 0 Å². The first-order chi connectivity index (χ1) is 34.4. The van der Waals surface area contributed by atoms with Crippen LogP contribution in [0, 0.1) is 0 Å². The number of nitrogens with one attached hydrogen (secondary N) is 1. The van der Waals surface area contributed by atoms with Crippen LogP contribution in [-0.2, 0) is 46.5 Å². The van der Waals surface area contributed by atoms with Crippen molar-refractivity contribution >= 4 is 11.9 Å². The lowest BCUT2D eigenvalue weighted by atomic mass is 9.96. The van der Waals surface area contributed by atoms with Gasteiger partial charge in [-0.3, -0.25) is 9.59 Å². The maximum absolute atomic E-state index is 14.3. The highest BCUT2D eigenvalue weighted by atomic mass is 16.7. The average Bonchev–Trinajstić information content (AvgIpc) is 3.37. The van der Waals surface area contributed by atoms with E-state index in [1.54, 1.807) is 0 Å². The maximum atomic E-state index is 14.3. The molecule has 2 aromatic rings. The summed E-state index contributed by atoms with van der Waals surface area (Å²) < 4.78 is 31.6. The van der Waals surface area contributed by atoms with E-state index in [0.717, 1.165) is 62.5 Å². The molecule has 0 aromatic heterocycles. The fraction of sp³-hybridized carbons (Fsp3) is 0.767. The predicted molar refractivity (Wildman–Crippen MR) is 284 cm³/mol. The smallest absolute Gasteiger partial charge is 0.308 e. The van der Waals surface area contributed by atoms with Gasteiger partial charge in [0.15, 0.2) is 6.29 Å². The number of aliphatic hydroxyl groups excluding tert-OH is 2. The highest BCUT2D eigenvalue weighted by Gasteiger charge is 2.47. The van der Waals surface area contributed by atoms with Crippen molar-refractivity contribution in [3.05, 3.63) is 71.8 Å². The van der Waals surface area contributed by atoms with Gasteiger partial charge in [-0.2, -0.15) is 0 Å². The topological polar surface area (TPSA) is 133 Å². The first-order valence-electron chi connectivity index (χ1n) is 28.7. The summed E-state index contributed by atoms with van der Waals surface area (Å²) in [5, 5.41) is 24.9. The van der Waals surface area contributed by atoms with Gasteiger partial charge in [0.05, 0.1) is 38.8 Å². The molecule has 7 atom stereocenters. The third kappa shape index (κ3) is 29.0. The Morgan fingerprint density at radius 3 is 1.46 bits per heavy atom. The van der Waals surface area contributed by atoms with Gasteiger partial charge in [0, 0.05) is 6.61 Å². The molecule has 3 rings (SSSR count). The SMILES string of the molecule is CCCCCCCCCCCCO[C@H](CCCCCCCCCCC)CC(=O)O[C@H](CCCCCCCCCCC)CC(=O)N[C@H]1[C@@H](OCc2ccccc2)O[C@H](CO)[C@@H](O)[C@@H]1OCc1ccccc1. The molecule has 1 heterocycles. The Hall–Kier alpha value is -2.86. The van der Waals surface area contributed by atoms with Gasteiger partial charge < -0.3 is 39.2 Å². The summed E-state index contributed by atoms with van der Waals surface area (Å²) in [6, 6.07) is 18.3. The van der Waals surface area contributed by atoms with E-state index in [9.17, 15) is 19.8 Å². The fourth-order valence-corrected chi connectivity index (χ4v) is 9.61. The molecular formula is C60H101NO9. The number of aliphatic hydroxyl groups is 2. The second kappa shape index (κ2) is 41.6. The molecule has 0 saturated carbocycles. The van der Waals surface area contributed by atoms with E-state index in [4.69, 9.17) is 23.7 Å². The van der Waals surface area contributed by atoms with Crippen LogP contribution in [0.1, 0.15) is 237 Å². The Morgan fingerprint density at radius 1 is 0.557 bits per heavy atom. The van der Waals surface area contributed by atoms with E-state index in [-0.39, 0.29) is 44.0 Å². The number of amides is 1. The number of carbonyl (C=O) groups excluding carboxylic acids is 2. The van der Waals surface area contributed by atoms with Crippen LogP contribution in [0.4, 0.5) is 0 Å². The highest BCUT2D eigenvalue weighted by molar-refractivity contribution is 5.77. The van der Waals surface area contributed by atoms with Crippen LogP contribution in [-0.4, -0.2) is 78.2 Å². The van der Waals surface area contributed by atoms with Gasteiger partial charge in [0.1, 0.15) is 30.5 Å². The monoisotopic (exact) mass is 980 g/mol. The second-order valence-electron chi connectivity index (χ2n) is 20.3. The number of unbranched alkanes of at least 4 members (excludes halogenated alkanes) is 25. The second-order valence-corrected chi connectivity index (χ2v) is 20.3. The molecule has 1 aliphatic heterocycles. The molecule has 1 saturated heterocycles. The van der Waals surface area contributed by atoms with Gasteiger partial charge >= 0.3 is 5.97 Å². The third-order valence-electron chi connectivity index (χ3n) is 13.9. The van der Waals surface area contributed by atoms with Gasteiger partial charge in [-0.25, -0.2) is 0 Å². The summed E-state index contributed by atoms with van der Waals surface area (Å²) in [4.78, 5) is 28.2. The summed E-state index contributed by atoms with van der Waals surface area (Å²) >= 11 is 0. The van der Waals surface area contributed by atoms with Crippen molar-refractivity contribution in [3.63, 3.8) is 0 Å². The van der Waals surface area contributed by atoms with Crippen LogP contribution in [0.2, 0.25) is 0 Å². The van der Waals surface area contributed by atoms with E-state index in [1.165, 1.54) is 135 Å².